The highest BCUT2D eigenvalue weighted by Crippen LogP contribution is 2.30. The molecule has 0 spiro atoms. The second kappa shape index (κ2) is 4.15. The van der Waals surface area contributed by atoms with Crippen molar-refractivity contribution in [1.82, 2.24) is 9.78 Å². The summed E-state index contributed by atoms with van der Waals surface area (Å²) in [5.41, 5.74) is 9.41. The molecular weight excluding hydrogens is 210 g/mol. The average Bonchev–Trinajstić information content (AvgIpc) is 2.57. The number of fused-ring (bicyclic) bond motifs is 1. The first kappa shape index (κ1) is 12.1. The minimum Gasteiger partial charge on any atom is -0.330 e. The van der Waals surface area contributed by atoms with E-state index in [1.54, 1.807) is 0 Å². The molecule has 0 aliphatic carbocycles. The molecule has 3 nitrogen and oxygen atoms in total. The number of nitrogens with zero attached hydrogens (tertiary/aromatic N) is 2. The van der Waals surface area contributed by atoms with E-state index in [-0.39, 0.29) is 5.41 Å². The summed E-state index contributed by atoms with van der Waals surface area (Å²) in [6, 6.07) is 6.40. The van der Waals surface area contributed by atoms with E-state index in [2.05, 4.69) is 44.1 Å². The van der Waals surface area contributed by atoms with Crippen LogP contribution in [0.1, 0.15) is 32.0 Å². The number of nitrogens with two attached hydrogens (primary N) is 1. The monoisotopic (exact) mass is 231 g/mol. The lowest BCUT2D eigenvalue weighted by Gasteiger charge is -2.15. The molecule has 0 unspecified atom stereocenters. The van der Waals surface area contributed by atoms with Crippen molar-refractivity contribution in [1.29, 1.82) is 0 Å². The molecule has 0 fully saturated rings. The molecule has 1 heterocycles. The predicted octanol–water partition coefficient (Wildman–Crippen LogP) is 2.37. The number of hydrogen-bond donors (Lipinski definition) is 1. The van der Waals surface area contributed by atoms with Crippen LogP contribution in [0.5, 0.6) is 0 Å². The second-order valence-corrected chi connectivity index (χ2v) is 5.57. The number of hydrogen-bond acceptors (Lipinski definition) is 2. The van der Waals surface area contributed by atoms with E-state index < -0.39 is 0 Å². The third kappa shape index (κ3) is 2.07. The Hall–Kier alpha value is -1.35. The van der Waals surface area contributed by atoms with Crippen LogP contribution in [0.15, 0.2) is 18.2 Å². The summed E-state index contributed by atoms with van der Waals surface area (Å²) in [4.78, 5) is 0. The Morgan fingerprint density at radius 1 is 1.29 bits per heavy atom. The van der Waals surface area contributed by atoms with Gasteiger partial charge in [-0.15, -0.1) is 0 Å². The highest BCUT2D eigenvalue weighted by Gasteiger charge is 2.22. The maximum Gasteiger partial charge on any atom is 0.0756 e. The Balaban J connectivity index is 2.72. The summed E-state index contributed by atoms with van der Waals surface area (Å²) in [7, 11) is 2.01. The van der Waals surface area contributed by atoms with E-state index in [0.29, 0.717) is 6.54 Å². The molecule has 2 rings (SSSR count). The molecule has 2 N–H and O–H groups in total. The minimum atomic E-state index is 0.0703. The lowest BCUT2D eigenvalue weighted by molar-refractivity contribution is 0.558. The molecule has 3 heteroatoms. The van der Waals surface area contributed by atoms with E-state index >= 15 is 0 Å². The van der Waals surface area contributed by atoms with Crippen LogP contribution in [-0.2, 0) is 18.9 Å². The van der Waals surface area contributed by atoms with Crippen LogP contribution in [0.25, 0.3) is 10.9 Å². The topological polar surface area (TPSA) is 43.8 Å². The first-order valence-electron chi connectivity index (χ1n) is 6.10. The summed E-state index contributed by atoms with van der Waals surface area (Å²) >= 11 is 0. The molecule has 1 aromatic heterocycles. The first-order chi connectivity index (χ1) is 7.95. The molecule has 0 saturated carbocycles. The molecule has 17 heavy (non-hydrogen) atoms. The number of para-hydroxylation sites is 1. The normalized spacial score (nSPS) is 12.3. The third-order valence-electron chi connectivity index (χ3n) is 3.07. The zero-order chi connectivity index (χ0) is 12.6. The molecule has 0 aliphatic heterocycles. The Kier molecular flexibility index (Phi) is 2.96. The van der Waals surface area contributed by atoms with Crippen molar-refractivity contribution in [2.45, 2.75) is 32.6 Å². The van der Waals surface area contributed by atoms with Crippen LogP contribution in [0, 0.1) is 0 Å². The Morgan fingerprint density at radius 2 is 2.00 bits per heavy atom. The van der Waals surface area contributed by atoms with Crippen LogP contribution in [0.4, 0.5) is 0 Å². The van der Waals surface area contributed by atoms with Crippen molar-refractivity contribution in [3.63, 3.8) is 0 Å². The van der Waals surface area contributed by atoms with Gasteiger partial charge in [-0.05, 0) is 18.5 Å². The maximum atomic E-state index is 5.66. The summed E-state index contributed by atoms with van der Waals surface area (Å²) in [5.74, 6) is 0. The SMILES string of the molecule is Cn1nc(C(C)(C)C)c2cccc(CCN)c21. The van der Waals surface area contributed by atoms with Crippen LogP contribution in [-0.4, -0.2) is 16.3 Å². The van der Waals surface area contributed by atoms with Gasteiger partial charge in [-0.2, -0.15) is 5.10 Å². The van der Waals surface area contributed by atoms with Gasteiger partial charge in [-0.3, -0.25) is 4.68 Å². The Bertz CT molecular complexity index is 532. The largest absolute Gasteiger partial charge is 0.330 e. The fourth-order valence-corrected chi connectivity index (χ4v) is 2.33. The van der Waals surface area contributed by atoms with Gasteiger partial charge in [0, 0.05) is 17.8 Å². The molecule has 1 aromatic carbocycles. The standard InChI is InChI=1S/C14H21N3/c1-14(2,3)13-11-7-5-6-10(8-9-15)12(11)17(4)16-13/h5-7H,8-9,15H2,1-4H3. The average molecular weight is 231 g/mol. The first-order valence-corrected chi connectivity index (χ1v) is 6.10. The summed E-state index contributed by atoms with van der Waals surface area (Å²) < 4.78 is 1.99. The van der Waals surface area contributed by atoms with Gasteiger partial charge in [0.05, 0.1) is 11.2 Å². The molecule has 0 amide bonds. The van der Waals surface area contributed by atoms with E-state index in [4.69, 9.17) is 5.73 Å². The lowest BCUT2D eigenvalue weighted by atomic mass is 9.89. The van der Waals surface area contributed by atoms with Crippen molar-refractivity contribution in [2.24, 2.45) is 12.8 Å². The van der Waals surface area contributed by atoms with Crippen LogP contribution >= 0.6 is 0 Å². The van der Waals surface area contributed by atoms with Crippen LogP contribution < -0.4 is 5.73 Å². The molecule has 0 radical (unpaired) electrons. The van der Waals surface area contributed by atoms with Gasteiger partial charge < -0.3 is 5.73 Å². The summed E-state index contributed by atoms with van der Waals surface area (Å²) in [6.45, 7) is 7.27. The third-order valence-corrected chi connectivity index (χ3v) is 3.07. The molecular formula is C14H21N3. The minimum absolute atomic E-state index is 0.0703. The number of aryl methyl sites for hydroxylation is 1. The van der Waals surface area contributed by atoms with Crippen molar-refractivity contribution in [2.75, 3.05) is 6.54 Å². The van der Waals surface area contributed by atoms with Gasteiger partial charge in [0.15, 0.2) is 0 Å². The molecule has 92 valence electrons. The Labute approximate surface area is 103 Å². The predicted molar refractivity (Wildman–Crippen MR) is 72.2 cm³/mol. The van der Waals surface area contributed by atoms with Crippen molar-refractivity contribution < 1.29 is 0 Å². The maximum absolute atomic E-state index is 5.66. The molecule has 0 atom stereocenters. The number of rotatable bonds is 2. The smallest absolute Gasteiger partial charge is 0.0756 e. The van der Waals surface area contributed by atoms with Gasteiger partial charge in [-0.25, -0.2) is 0 Å². The van der Waals surface area contributed by atoms with Crippen molar-refractivity contribution in [3.05, 3.63) is 29.5 Å². The highest BCUT2D eigenvalue weighted by atomic mass is 15.3. The lowest BCUT2D eigenvalue weighted by Crippen LogP contribution is -2.12. The van der Waals surface area contributed by atoms with Crippen LogP contribution in [0.3, 0.4) is 0 Å². The quantitative estimate of drug-likeness (QED) is 0.862. The zero-order valence-electron chi connectivity index (χ0n) is 11.1. The van der Waals surface area contributed by atoms with Gasteiger partial charge in [0.2, 0.25) is 0 Å². The molecule has 2 aromatic rings. The fraction of sp³-hybridized carbons (Fsp3) is 0.500. The fourth-order valence-electron chi connectivity index (χ4n) is 2.33. The number of benzene rings is 1. The second-order valence-electron chi connectivity index (χ2n) is 5.57. The van der Waals surface area contributed by atoms with E-state index in [9.17, 15) is 0 Å². The molecule has 0 bridgehead atoms. The van der Waals surface area contributed by atoms with Crippen molar-refractivity contribution in [3.8, 4) is 0 Å². The molecule has 0 aliphatic rings. The van der Waals surface area contributed by atoms with E-state index in [1.165, 1.54) is 16.5 Å². The summed E-state index contributed by atoms with van der Waals surface area (Å²) in [6.07, 6.45) is 0.903. The highest BCUT2D eigenvalue weighted by molar-refractivity contribution is 5.85. The summed E-state index contributed by atoms with van der Waals surface area (Å²) in [5, 5.41) is 5.94. The Morgan fingerprint density at radius 3 is 2.59 bits per heavy atom. The van der Waals surface area contributed by atoms with Gasteiger partial charge in [-0.1, -0.05) is 39.0 Å². The number of aromatic nitrogens is 2. The van der Waals surface area contributed by atoms with Crippen molar-refractivity contribution >= 4 is 10.9 Å². The van der Waals surface area contributed by atoms with Gasteiger partial charge in [0.25, 0.3) is 0 Å². The van der Waals surface area contributed by atoms with Crippen LogP contribution in [0.2, 0.25) is 0 Å². The van der Waals surface area contributed by atoms with E-state index in [0.717, 1.165) is 12.1 Å². The van der Waals surface area contributed by atoms with Gasteiger partial charge >= 0.3 is 0 Å². The van der Waals surface area contributed by atoms with Gasteiger partial charge in [0.1, 0.15) is 0 Å². The zero-order valence-corrected chi connectivity index (χ0v) is 11.1. The van der Waals surface area contributed by atoms with E-state index in [1.807, 2.05) is 11.7 Å². The molecule has 0 saturated heterocycles.